The highest BCUT2D eigenvalue weighted by molar-refractivity contribution is 6.83. The van der Waals surface area contributed by atoms with Crippen molar-refractivity contribution in [3.05, 3.63) is 0 Å². The Morgan fingerprint density at radius 3 is 1.77 bits per heavy atom. The van der Waals surface area contributed by atoms with Gasteiger partial charge in [0, 0.05) is 27.1 Å². The Labute approximate surface area is 133 Å². The summed E-state index contributed by atoms with van der Waals surface area (Å²) >= 11 is 0. The zero-order valence-corrected chi connectivity index (χ0v) is 15.4. The first-order chi connectivity index (χ1) is 10.2. The molecule has 0 radical (unpaired) electrons. The average Bonchev–Trinajstić information content (AvgIpc) is 2.47. The molecule has 126 valence electrons. The fraction of sp³-hybridized carbons (Fsp3) is 0.733. The van der Waals surface area contributed by atoms with Crippen molar-refractivity contribution in [2.45, 2.75) is 38.8 Å². The van der Waals surface area contributed by atoms with E-state index in [-0.39, 0.29) is 12.8 Å². The minimum atomic E-state index is -1.63. The van der Waals surface area contributed by atoms with Crippen LogP contribution in [0.1, 0.15) is 12.8 Å². The standard InChI is InChI=1S/C15H26O6Si/c1-18-12(19-2)11-15(13(16)20-3,14(17)21-4)9-8-10-22(5,6)7/h12H,9,11H2,1-7H3. The van der Waals surface area contributed by atoms with Crippen LogP contribution >= 0.6 is 0 Å². The minimum Gasteiger partial charge on any atom is -0.468 e. The number of carbonyl (C=O) groups is 2. The highest BCUT2D eigenvalue weighted by Crippen LogP contribution is 2.32. The Morgan fingerprint density at radius 1 is 1.00 bits per heavy atom. The summed E-state index contributed by atoms with van der Waals surface area (Å²) in [6.07, 6.45) is -0.772. The van der Waals surface area contributed by atoms with E-state index in [0.717, 1.165) is 0 Å². The highest BCUT2D eigenvalue weighted by Gasteiger charge is 2.50. The van der Waals surface area contributed by atoms with Gasteiger partial charge in [0.15, 0.2) is 11.7 Å². The van der Waals surface area contributed by atoms with Gasteiger partial charge in [0.25, 0.3) is 0 Å². The molecule has 0 N–H and O–H groups in total. The van der Waals surface area contributed by atoms with Crippen molar-refractivity contribution in [2.75, 3.05) is 28.4 Å². The SMILES string of the molecule is COC(=O)C(CC#C[Si](C)(C)C)(CC(OC)OC)C(=O)OC. The van der Waals surface area contributed by atoms with Gasteiger partial charge in [-0.05, 0) is 0 Å². The smallest absolute Gasteiger partial charge is 0.324 e. The maximum Gasteiger partial charge on any atom is 0.324 e. The Kier molecular flexibility index (Phi) is 8.38. The van der Waals surface area contributed by atoms with Gasteiger partial charge in [0.05, 0.1) is 14.2 Å². The summed E-state index contributed by atoms with van der Waals surface area (Å²) in [5.41, 5.74) is 1.57. The number of hydrogen-bond acceptors (Lipinski definition) is 6. The van der Waals surface area contributed by atoms with Crippen LogP contribution in [-0.4, -0.2) is 54.7 Å². The highest BCUT2D eigenvalue weighted by atomic mass is 28.3. The van der Waals surface area contributed by atoms with Crippen LogP contribution in [0.15, 0.2) is 0 Å². The predicted octanol–water partition coefficient (Wildman–Crippen LogP) is 1.60. The monoisotopic (exact) mass is 330 g/mol. The molecule has 0 aliphatic rings. The number of methoxy groups -OCH3 is 4. The summed E-state index contributed by atoms with van der Waals surface area (Å²) in [6, 6.07) is 0. The Hall–Kier alpha value is -1.36. The largest absolute Gasteiger partial charge is 0.468 e. The zero-order valence-electron chi connectivity index (χ0n) is 14.4. The molecule has 6 nitrogen and oxygen atoms in total. The fourth-order valence-electron chi connectivity index (χ4n) is 1.86. The summed E-state index contributed by atoms with van der Waals surface area (Å²) in [5, 5.41) is 0. The maximum atomic E-state index is 12.3. The topological polar surface area (TPSA) is 71.1 Å². The van der Waals surface area contributed by atoms with E-state index in [0.29, 0.717) is 0 Å². The molecular formula is C15H26O6Si. The van der Waals surface area contributed by atoms with Gasteiger partial charge in [0.1, 0.15) is 8.07 Å². The number of carbonyl (C=O) groups excluding carboxylic acids is 2. The molecule has 7 heteroatoms. The second-order valence-corrected chi connectivity index (χ2v) is 10.6. The van der Waals surface area contributed by atoms with Crippen LogP contribution < -0.4 is 0 Å². The van der Waals surface area contributed by atoms with Crippen LogP contribution in [0.5, 0.6) is 0 Å². The molecule has 0 saturated heterocycles. The number of hydrogen-bond donors (Lipinski definition) is 0. The van der Waals surface area contributed by atoms with Gasteiger partial charge in [0.2, 0.25) is 0 Å². The molecule has 0 amide bonds. The molecule has 0 bridgehead atoms. The van der Waals surface area contributed by atoms with Gasteiger partial charge < -0.3 is 18.9 Å². The molecule has 0 aliphatic heterocycles. The summed E-state index contributed by atoms with van der Waals surface area (Å²) in [5.74, 6) is 1.54. The molecule has 0 aromatic rings. The van der Waals surface area contributed by atoms with Crippen LogP contribution in [0, 0.1) is 16.9 Å². The number of rotatable bonds is 7. The van der Waals surface area contributed by atoms with E-state index < -0.39 is 31.7 Å². The first-order valence-electron chi connectivity index (χ1n) is 6.89. The fourth-order valence-corrected chi connectivity index (χ4v) is 2.48. The van der Waals surface area contributed by atoms with E-state index in [1.54, 1.807) is 0 Å². The lowest BCUT2D eigenvalue weighted by Crippen LogP contribution is -2.44. The Morgan fingerprint density at radius 2 is 1.45 bits per heavy atom. The van der Waals surface area contributed by atoms with Gasteiger partial charge in [-0.2, -0.15) is 0 Å². The Bertz CT molecular complexity index is 423. The molecule has 0 aliphatic carbocycles. The number of esters is 2. The average molecular weight is 330 g/mol. The first kappa shape index (κ1) is 20.6. The van der Waals surface area contributed by atoms with Crippen molar-refractivity contribution in [1.82, 2.24) is 0 Å². The van der Waals surface area contributed by atoms with Gasteiger partial charge in [-0.3, -0.25) is 9.59 Å². The molecule has 0 unspecified atom stereocenters. The van der Waals surface area contributed by atoms with E-state index in [2.05, 4.69) is 31.1 Å². The van der Waals surface area contributed by atoms with Gasteiger partial charge in [-0.15, -0.1) is 11.5 Å². The third kappa shape index (κ3) is 5.79. The zero-order chi connectivity index (χ0) is 17.4. The summed E-state index contributed by atoms with van der Waals surface area (Å²) in [7, 11) is 3.68. The molecule has 22 heavy (non-hydrogen) atoms. The van der Waals surface area contributed by atoms with Gasteiger partial charge in [-0.1, -0.05) is 19.6 Å². The van der Waals surface area contributed by atoms with Gasteiger partial charge >= 0.3 is 11.9 Å². The maximum absolute atomic E-state index is 12.3. The van der Waals surface area contributed by atoms with E-state index in [4.69, 9.17) is 18.9 Å². The summed E-state index contributed by atoms with van der Waals surface area (Å²) in [4.78, 5) is 24.5. The quantitative estimate of drug-likeness (QED) is 0.232. The second-order valence-electron chi connectivity index (χ2n) is 5.90. The molecular weight excluding hydrogens is 304 g/mol. The van der Waals surface area contributed by atoms with Gasteiger partial charge in [-0.25, -0.2) is 0 Å². The first-order valence-corrected chi connectivity index (χ1v) is 10.4. The van der Waals surface area contributed by atoms with Crippen molar-refractivity contribution >= 4 is 20.0 Å². The van der Waals surface area contributed by atoms with Crippen LogP contribution in [0.4, 0.5) is 0 Å². The van der Waals surface area contributed by atoms with Crippen LogP contribution in [0.25, 0.3) is 0 Å². The molecule has 0 aromatic carbocycles. The normalized spacial score (nSPS) is 11.6. The Balaban J connectivity index is 5.69. The lowest BCUT2D eigenvalue weighted by atomic mass is 9.81. The van der Waals surface area contributed by atoms with Crippen molar-refractivity contribution in [2.24, 2.45) is 5.41 Å². The van der Waals surface area contributed by atoms with Crippen molar-refractivity contribution in [3.63, 3.8) is 0 Å². The van der Waals surface area contributed by atoms with Crippen LogP contribution in [-0.2, 0) is 28.5 Å². The summed E-state index contributed by atoms with van der Waals surface area (Å²) in [6.45, 7) is 6.22. The molecule has 0 saturated carbocycles. The summed E-state index contributed by atoms with van der Waals surface area (Å²) < 4.78 is 19.8. The van der Waals surface area contributed by atoms with Crippen molar-refractivity contribution < 1.29 is 28.5 Å². The van der Waals surface area contributed by atoms with Crippen LogP contribution in [0.3, 0.4) is 0 Å². The molecule has 0 heterocycles. The molecule has 0 atom stereocenters. The molecule has 0 aromatic heterocycles. The van der Waals surface area contributed by atoms with E-state index >= 15 is 0 Å². The lowest BCUT2D eigenvalue weighted by Gasteiger charge is -2.29. The molecule has 0 fully saturated rings. The molecule has 0 spiro atoms. The van der Waals surface area contributed by atoms with Crippen molar-refractivity contribution in [1.29, 1.82) is 0 Å². The lowest BCUT2D eigenvalue weighted by molar-refractivity contribution is -0.181. The van der Waals surface area contributed by atoms with E-state index in [9.17, 15) is 9.59 Å². The van der Waals surface area contributed by atoms with E-state index in [1.165, 1.54) is 28.4 Å². The third-order valence-corrected chi connectivity index (χ3v) is 3.97. The third-order valence-electron chi connectivity index (χ3n) is 3.05. The molecule has 0 rings (SSSR count). The number of ether oxygens (including phenoxy) is 4. The van der Waals surface area contributed by atoms with Crippen LogP contribution in [0.2, 0.25) is 19.6 Å². The van der Waals surface area contributed by atoms with E-state index in [1.807, 2.05) is 0 Å². The minimum absolute atomic E-state index is 0.000162. The second kappa shape index (κ2) is 8.93. The van der Waals surface area contributed by atoms with Crippen molar-refractivity contribution in [3.8, 4) is 11.5 Å². The predicted molar refractivity (Wildman–Crippen MR) is 84.6 cm³/mol.